The van der Waals surface area contributed by atoms with Crippen molar-refractivity contribution in [3.8, 4) is 22.6 Å². The second-order valence-electron chi connectivity index (χ2n) is 8.98. The molecule has 0 radical (unpaired) electrons. The molecule has 12 heteroatoms. The number of hydrogen-bond acceptors (Lipinski definition) is 9. The lowest BCUT2D eigenvalue weighted by molar-refractivity contribution is -0.231. The largest absolute Gasteiger partial charge is 0.395 e. The van der Waals surface area contributed by atoms with Gasteiger partial charge in [0.1, 0.15) is 5.82 Å². The summed E-state index contributed by atoms with van der Waals surface area (Å²) in [5.41, 5.74) is 2.09. The number of carbonyl (C=O) groups excluding carboxylic acids is 1. The van der Waals surface area contributed by atoms with Crippen LogP contribution in [-0.2, 0) is 14.3 Å². The molecule has 0 unspecified atom stereocenters. The van der Waals surface area contributed by atoms with Crippen molar-refractivity contribution in [2.75, 3.05) is 31.7 Å². The number of imidazole rings is 1. The summed E-state index contributed by atoms with van der Waals surface area (Å²) in [7, 11) is 0. The zero-order chi connectivity index (χ0) is 26.5. The highest BCUT2D eigenvalue weighted by Crippen LogP contribution is 2.35. The van der Waals surface area contributed by atoms with Gasteiger partial charge in [0, 0.05) is 24.5 Å². The number of nitrogens with zero attached hydrogens (tertiary/aromatic N) is 4. The number of benzene rings is 1. The Balaban J connectivity index is 1.44. The molecule has 4 aromatic rings. The summed E-state index contributed by atoms with van der Waals surface area (Å²) in [5.74, 6) is 0.0876. The number of ether oxygens (including phenoxy) is 2. The normalized spacial score (nSPS) is 19.2. The van der Waals surface area contributed by atoms with Crippen molar-refractivity contribution in [3.05, 3.63) is 72.7 Å². The van der Waals surface area contributed by atoms with Crippen molar-refractivity contribution >= 4 is 17.5 Å². The highest BCUT2D eigenvalue weighted by atomic mass is 19.1. The minimum Gasteiger partial charge on any atom is -0.395 e. The summed E-state index contributed by atoms with van der Waals surface area (Å²) in [5, 5.41) is 14.8. The molecule has 1 saturated heterocycles. The Morgan fingerprint density at radius 3 is 2.66 bits per heavy atom. The first-order valence-corrected chi connectivity index (χ1v) is 11.9. The van der Waals surface area contributed by atoms with Crippen molar-refractivity contribution < 1.29 is 23.8 Å². The van der Waals surface area contributed by atoms with E-state index < -0.39 is 11.7 Å². The number of H-pyrrole nitrogens is 1. The molecule has 1 aliphatic heterocycles. The Bertz CT molecular complexity index is 1390. The monoisotopic (exact) mass is 519 g/mol. The third-order valence-electron chi connectivity index (χ3n) is 5.94. The summed E-state index contributed by atoms with van der Waals surface area (Å²) in [6, 6.07) is 11.3. The van der Waals surface area contributed by atoms with Gasteiger partial charge in [-0.2, -0.15) is 0 Å². The highest BCUT2D eigenvalue weighted by Gasteiger charge is 2.40. The zero-order valence-corrected chi connectivity index (χ0v) is 20.5. The van der Waals surface area contributed by atoms with E-state index in [1.807, 2.05) is 6.07 Å². The SMILES string of the molecule is CC1(C(=O)NCCO)COC(c2nc(-c3ccc(F)cc3)c(-c3ccnc(Nc4cccnc4)n3)[nH]2)OC1. The first-order valence-electron chi connectivity index (χ1n) is 11.9. The second-order valence-corrected chi connectivity index (χ2v) is 8.98. The van der Waals surface area contributed by atoms with E-state index in [0.29, 0.717) is 34.4 Å². The topological polar surface area (TPSA) is 147 Å². The maximum absolute atomic E-state index is 13.6. The Labute approximate surface area is 217 Å². The van der Waals surface area contributed by atoms with Gasteiger partial charge in [-0.25, -0.2) is 19.3 Å². The molecule has 1 amide bonds. The summed E-state index contributed by atoms with van der Waals surface area (Å²) < 4.78 is 25.4. The Morgan fingerprint density at radius 2 is 1.95 bits per heavy atom. The summed E-state index contributed by atoms with van der Waals surface area (Å²) in [4.78, 5) is 33.4. The molecule has 4 N–H and O–H groups in total. The van der Waals surface area contributed by atoms with Crippen molar-refractivity contribution in [2.24, 2.45) is 5.41 Å². The molecular formula is C26H26FN7O4. The molecule has 0 saturated carbocycles. The molecule has 5 rings (SSSR count). The van der Waals surface area contributed by atoms with Crippen LogP contribution in [0.15, 0.2) is 61.1 Å². The van der Waals surface area contributed by atoms with Crippen molar-refractivity contribution in [1.29, 1.82) is 0 Å². The van der Waals surface area contributed by atoms with Gasteiger partial charge < -0.3 is 30.2 Å². The fourth-order valence-corrected chi connectivity index (χ4v) is 3.91. The first-order chi connectivity index (χ1) is 18.4. The van der Waals surface area contributed by atoms with Crippen molar-refractivity contribution in [2.45, 2.75) is 13.2 Å². The molecule has 1 aliphatic rings. The lowest BCUT2D eigenvalue weighted by Crippen LogP contribution is -2.49. The molecule has 3 aromatic heterocycles. The minimum atomic E-state index is -0.916. The molecule has 196 valence electrons. The molecule has 1 fully saturated rings. The van der Waals surface area contributed by atoms with Crippen LogP contribution in [0.4, 0.5) is 16.0 Å². The first kappa shape index (κ1) is 25.4. The number of anilines is 2. The lowest BCUT2D eigenvalue weighted by Gasteiger charge is -2.35. The van der Waals surface area contributed by atoms with Crippen molar-refractivity contribution in [3.63, 3.8) is 0 Å². The van der Waals surface area contributed by atoms with Gasteiger partial charge in [-0.15, -0.1) is 0 Å². The van der Waals surface area contributed by atoms with E-state index >= 15 is 0 Å². The number of hydrogen-bond donors (Lipinski definition) is 4. The van der Waals surface area contributed by atoms with Gasteiger partial charge in [0.15, 0.2) is 5.82 Å². The number of rotatable bonds is 8. The van der Waals surface area contributed by atoms with Crippen LogP contribution in [0.25, 0.3) is 22.6 Å². The van der Waals surface area contributed by atoms with E-state index in [0.717, 1.165) is 5.69 Å². The number of amides is 1. The summed E-state index contributed by atoms with van der Waals surface area (Å²) in [6.07, 6.45) is 4.07. The van der Waals surface area contributed by atoms with E-state index in [1.54, 1.807) is 49.8 Å². The summed E-state index contributed by atoms with van der Waals surface area (Å²) >= 11 is 0. The predicted molar refractivity (Wildman–Crippen MR) is 135 cm³/mol. The number of aromatic nitrogens is 5. The van der Waals surface area contributed by atoms with Crippen LogP contribution in [0.1, 0.15) is 19.0 Å². The van der Waals surface area contributed by atoms with E-state index in [1.165, 1.54) is 12.1 Å². The van der Waals surface area contributed by atoms with Gasteiger partial charge in [-0.3, -0.25) is 9.78 Å². The number of aliphatic hydroxyl groups is 1. The van der Waals surface area contributed by atoms with Crippen LogP contribution < -0.4 is 10.6 Å². The number of nitrogens with one attached hydrogen (secondary N) is 3. The standard InChI is InChI=1S/C26H26FN7O4/c1-26(24(36)29-11-12-35)14-37-23(38-15-26)22-33-20(16-4-6-17(27)7-5-16)21(34-22)19-8-10-30-25(32-19)31-18-3-2-9-28-13-18/h2-10,13,23,35H,11-12,14-15H2,1H3,(H,29,36)(H,33,34)(H,30,31,32). The fourth-order valence-electron chi connectivity index (χ4n) is 3.91. The minimum absolute atomic E-state index is 0.0868. The van der Waals surface area contributed by atoms with Crippen LogP contribution in [0.2, 0.25) is 0 Å². The maximum atomic E-state index is 13.6. The maximum Gasteiger partial charge on any atom is 0.230 e. The fraction of sp³-hybridized carbons (Fsp3) is 0.269. The van der Waals surface area contributed by atoms with Gasteiger partial charge in [-0.1, -0.05) is 0 Å². The second kappa shape index (κ2) is 11.0. The molecule has 4 heterocycles. The Morgan fingerprint density at radius 1 is 1.16 bits per heavy atom. The van der Waals surface area contributed by atoms with E-state index in [4.69, 9.17) is 19.6 Å². The van der Waals surface area contributed by atoms with Gasteiger partial charge in [-0.05, 0) is 49.4 Å². The van der Waals surface area contributed by atoms with E-state index in [-0.39, 0.29) is 38.1 Å². The number of carbonyl (C=O) groups is 1. The quantitative estimate of drug-likeness (QED) is 0.276. The van der Waals surface area contributed by atoms with E-state index in [9.17, 15) is 9.18 Å². The van der Waals surface area contributed by atoms with Gasteiger partial charge >= 0.3 is 0 Å². The molecule has 0 spiro atoms. The number of aliphatic hydroxyl groups excluding tert-OH is 1. The molecule has 0 bridgehead atoms. The van der Waals surface area contributed by atoms with Crippen LogP contribution in [-0.4, -0.2) is 62.3 Å². The zero-order valence-electron chi connectivity index (χ0n) is 20.5. The van der Waals surface area contributed by atoms with Gasteiger partial charge in [0.2, 0.25) is 18.1 Å². The molecule has 0 atom stereocenters. The molecular weight excluding hydrogens is 493 g/mol. The summed E-state index contributed by atoms with van der Waals surface area (Å²) in [6.45, 7) is 1.89. The lowest BCUT2D eigenvalue weighted by atomic mass is 9.91. The smallest absolute Gasteiger partial charge is 0.230 e. The Hall–Kier alpha value is -4.26. The van der Waals surface area contributed by atoms with Gasteiger partial charge in [0.05, 0.1) is 54.2 Å². The third-order valence-corrected chi connectivity index (χ3v) is 5.94. The third kappa shape index (κ3) is 5.52. The predicted octanol–water partition coefficient (Wildman–Crippen LogP) is 2.97. The average Bonchev–Trinajstić information content (AvgIpc) is 3.39. The molecule has 1 aromatic carbocycles. The number of halogens is 1. The average molecular weight is 520 g/mol. The molecule has 0 aliphatic carbocycles. The highest BCUT2D eigenvalue weighted by molar-refractivity contribution is 5.82. The van der Waals surface area contributed by atoms with Crippen LogP contribution in [0.5, 0.6) is 0 Å². The molecule has 11 nitrogen and oxygen atoms in total. The van der Waals surface area contributed by atoms with Crippen LogP contribution in [0, 0.1) is 11.2 Å². The van der Waals surface area contributed by atoms with Gasteiger partial charge in [0.25, 0.3) is 0 Å². The Kier molecular flexibility index (Phi) is 7.36. The number of pyridine rings is 1. The molecule has 38 heavy (non-hydrogen) atoms. The number of aromatic amines is 1. The van der Waals surface area contributed by atoms with E-state index in [2.05, 4.69) is 30.6 Å². The van der Waals surface area contributed by atoms with Crippen molar-refractivity contribution in [1.82, 2.24) is 30.2 Å². The van der Waals surface area contributed by atoms with Crippen LogP contribution in [0.3, 0.4) is 0 Å². The van der Waals surface area contributed by atoms with Crippen LogP contribution >= 0.6 is 0 Å².